The first kappa shape index (κ1) is 12.5. The van der Waals surface area contributed by atoms with Gasteiger partial charge in [-0.05, 0) is 38.3 Å². The van der Waals surface area contributed by atoms with Gasteiger partial charge in [0.1, 0.15) is 5.82 Å². The minimum absolute atomic E-state index is 0.549. The van der Waals surface area contributed by atoms with Gasteiger partial charge in [-0.15, -0.1) is 0 Å². The van der Waals surface area contributed by atoms with Crippen molar-refractivity contribution in [2.24, 2.45) is 0 Å². The van der Waals surface area contributed by atoms with E-state index in [0.717, 1.165) is 18.1 Å². The summed E-state index contributed by atoms with van der Waals surface area (Å²) in [5.74, 6) is 2.04. The van der Waals surface area contributed by atoms with Crippen molar-refractivity contribution in [1.82, 2.24) is 15.3 Å². The molecule has 1 rings (SSSR count). The van der Waals surface area contributed by atoms with Crippen LogP contribution in [0.5, 0.6) is 0 Å². The number of nitrogens with zero attached hydrogens (tertiary/aromatic N) is 2. The third kappa shape index (κ3) is 5.14. The van der Waals surface area contributed by atoms with Crippen LogP contribution in [0.4, 0.5) is 0 Å². The van der Waals surface area contributed by atoms with Crippen LogP contribution in [0.15, 0.2) is 12.3 Å². The van der Waals surface area contributed by atoms with Crippen molar-refractivity contribution in [2.75, 3.05) is 12.0 Å². The molecule has 84 valence electrons. The third-order valence-corrected chi connectivity index (χ3v) is 2.86. The van der Waals surface area contributed by atoms with E-state index < -0.39 is 0 Å². The summed E-state index contributed by atoms with van der Waals surface area (Å²) in [5, 5.41) is 3.46. The van der Waals surface area contributed by atoms with Gasteiger partial charge in [-0.25, -0.2) is 9.97 Å². The van der Waals surface area contributed by atoms with Gasteiger partial charge in [0.15, 0.2) is 0 Å². The topological polar surface area (TPSA) is 37.8 Å². The molecule has 3 nitrogen and oxygen atoms in total. The lowest BCUT2D eigenvalue weighted by Gasteiger charge is -2.12. The van der Waals surface area contributed by atoms with Crippen LogP contribution in [-0.4, -0.2) is 28.0 Å². The van der Waals surface area contributed by atoms with Crippen molar-refractivity contribution >= 4 is 11.8 Å². The Bertz CT molecular complexity index is 291. The maximum atomic E-state index is 4.35. The Labute approximate surface area is 96.1 Å². The van der Waals surface area contributed by atoms with E-state index in [0.29, 0.717) is 6.04 Å². The second kappa shape index (κ2) is 6.80. The predicted octanol–water partition coefficient (Wildman–Crippen LogP) is 2.02. The Balaban J connectivity index is 2.30. The molecule has 0 aromatic carbocycles. The molecule has 1 unspecified atom stereocenters. The normalized spacial score (nSPS) is 12.7. The Morgan fingerprint density at radius 3 is 3.00 bits per heavy atom. The summed E-state index contributed by atoms with van der Waals surface area (Å²) in [5.41, 5.74) is 1.07. The van der Waals surface area contributed by atoms with Crippen LogP contribution in [-0.2, 0) is 6.54 Å². The Morgan fingerprint density at radius 1 is 1.53 bits per heavy atom. The van der Waals surface area contributed by atoms with Crippen molar-refractivity contribution in [3.63, 3.8) is 0 Å². The van der Waals surface area contributed by atoms with Crippen LogP contribution in [0.25, 0.3) is 0 Å². The molecule has 15 heavy (non-hydrogen) atoms. The Kier molecular flexibility index (Phi) is 5.65. The second-order valence-electron chi connectivity index (χ2n) is 3.66. The quantitative estimate of drug-likeness (QED) is 0.804. The van der Waals surface area contributed by atoms with Crippen molar-refractivity contribution in [3.8, 4) is 0 Å². The molecule has 0 saturated carbocycles. The lowest BCUT2D eigenvalue weighted by atomic mass is 10.2. The van der Waals surface area contributed by atoms with Crippen LogP contribution >= 0.6 is 11.8 Å². The molecule has 0 fully saturated rings. The van der Waals surface area contributed by atoms with Gasteiger partial charge in [0.25, 0.3) is 0 Å². The van der Waals surface area contributed by atoms with Gasteiger partial charge in [-0.2, -0.15) is 11.8 Å². The van der Waals surface area contributed by atoms with Crippen molar-refractivity contribution in [3.05, 3.63) is 23.8 Å². The Hall–Kier alpha value is -0.610. The van der Waals surface area contributed by atoms with Crippen molar-refractivity contribution < 1.29 is 0 Å². The van der Waals surface area contributed by atoms with E-state index in [-0.39, 0.29) is 0 Å². The highest BCUT2D eigenvalue weighted by Crippen LogP contribution is 2.01. The largest absolute Gasteiger partial charge is 0.309 e. The van der Waals surface area contributed by atoms with Gasteiger partial charge in [0.2, 0.25) is 0 Å². The number of hydrogen-bond donors (Lipinski definition) is 1. The molecule has 0 saturated heterocycles. The number of nitrogens with one attached hydrogen (secondary N) is 1. The maximum Gasteiger partial charge on any atom is 0.125 e. The van der Waals surface area contributed by atoms with E-state index in [1.165, 1.54) is 12.2 Å². The maximum absolute atomic E-state index is 4.35. The molecule has 0 aliphatic carbocycles. The van der Waals surface area contributed by atoms with Gasteiger partial charge >= 0.3 is 0 Å². The summed E-state index contributed by atoms with van der Waals surface area (Å²) in [4.78, 5) is 8.42. The van der Waals surface area contributed by atoms with Crippen LogP contribution in [0.3, 0.4) is 0 Å². The van der Waals surface area contributed by atoms with Gasteiger partial charge in [-0.3, -0.25) is 0 Å². The zero-order chi connectivity index (χ0) is 11.1. The van der Waals surface area contributed by atoms with E-state index in [4.69, 9.17) is 0 Å². The molecule has 1 aromatic heterocycles. The molecular weight excluding hydrogens is 206 g/mol. The van der Waals surface area contributed by atoms with Gasteiger partial charge < -0.3 is 5.32 Å². The molecule has 0 amide bonds. The van der Waals surface area contributed by atoms with Gasteiger partial charge in [0, 0.05) is 18.8 Å². The van der Waals surface area contributed by atoms with E-state index in [2.05, 4.69) is 28.5 Å². The zero-order valence-electron chi connectivity index (χ0n) is 9.66. The molecule has 1 aromatic rings. The summed E-state index contributed by atoms with van der Waals surface area (Å²) in [6.45, 7) is 4.96. The molecule has 0 spiro atoms. The average Bonchev–Trinajstić information content (AvgIpc) is 2.23. The number of aryl methyl sites for hydroxylation is 1. The first-order valence-corrected chi connectivity index (χ1v) is 6.62. The summed E-state index contributed by atoms with van der Waals surface area (Å²) < 4.78 is 0. The summed E-state index contributed by atoms with van der Waals surface area (Å²) in [6.07, 6.45) is 5.15. The number of aromatic nitrogens is 2. The molecule has 0 radical (unpaired) electrons. The highest BCUT2D eigenvalue weighted by atomic mass is 32.2. The molecular formula is C11H19N3S. The predicted molar refractivity (Wildman–Crippen MR) is 66.1 cm³/mol. The standard InChI is InChI=1S/C11H19N3S/c1-9(5-7-15-3)13-8-11-4-6-12-10(2)14-11/h4,6,9,13H,5,7-8H2,1-3H3. The average molecular weight is 225 g/mol. The molecule has 0 aliphatic rings. The van der Waals surface area contributed by atoms with Crippen molar-refractivity contribution in [2.45, 2.75) is 32.9 Å². The molecule has 0 aliphatic heterocycles. The van der Waals surface area contributed by atoms with Gasteiger partial charge in [-0.1, -0.05) is 0 Å². The van der Waals surface area contributed by atoms with Crippen LogP contribution in [0.1, 0.15) is 24.9 Å². The molecule has 1 atom stereocenters. The summed E-state index contributed by atoms with van der Waals surface area (Å²) in [7, 11) is 0. The van der Waals surface area contributed by atoms with E-state index in [1.54, 1.807) is 0 Å². The first-order chi connectivity index (χ1) is 7.22. The van der Waals surface area contributed by atoms with Crippen LogP contribution < -0.4 is 5.32 Å². The second-order valence-corrected chi connectivity index (χ2v) is 4.64. The van der Waals surface area contributed by atoms with Crippen LogP contribution in [0.2, 0.25) is 0 Å². The number of hydrogen-bond acceptors (Lipinski definition) is 4. The van der Waals surface area contributed by atoms with Crippen molar-refractivity contribution in [1.29, 1.82) is 0 Å². The zero-order valence-corrected chi connectivity index (χ0v) is 10.5. The highest BCUT2D eigenvalue weighted by molar-refractivity contribution is 7.98. The molecule has 0 bridgehead atoms. The fourth-order valence-corrected chi connectivity index (χ4v) is 1.87. The number of thioether (sulfide) groups is 1. The monoisotopic (exact) mass is 225 g/mol. The summed E-state index contributed by atoms with van der Waals surface area (Å²) in [6, 6.07) is 2.51. The van der Waals surface area contributed by atoms with E-state index >= 15 is 0 Å². The van der Waals surface area contributed by atoms with Crippen LogP contribution in [0, 0.1) is 6.92 Å². The lowest BCUT2D eigenvalue weighted by molar-refractivity contribution is 0.531. The first-order valence-electron chi connectivity index (χ1n) is 5.23. The summed E-state index contributed by atoms with van der Waals surface area (Å²) >= 11 is 1.89. The minimum atomic E-state index is 0.549. The smallest absolute Gasteiger partial charge is 0.125 e. The third-order valence-electron chi connectivity index (χ3n) is 2.22. The molecule has 1 heterocycles. The lowest BCUT2D eigenvalue weighted by Crippen LogP contribution is -2.26. The van der Waals surface area contributed by atoms with E-state index in [1.807, 2.05) is 30.9 Å². The van der Waals surface area contributed by atoms with Gasteiger partial charge in [0.05, 0.1) is 5.69 Å². The highest BCUT2D eigenvalue weighted by Gasteiger charge is 2.01. The van der Waals surface area contributed by atoms with E-state index in [9.17, 15) is 0 Å². The molecule has 4 heteroatoms. The molecule has 1 N–H and O–H groups in total. The minimum Gasteiger partial charge on any atom is -0.309 e. The fraction of sp³-hybridized carbons (Fsp3) is 0.636. The Morgan fingerprint density at radius 2 is 2.33 bits per heavy atom. The number of rotatable bonds is 6. The SMILES string of the molecule is CSCCC(C)NCc1ccnc(C)n1. The fourth-order valence-electron chi connectivity index (χ4n) is 1.28.